The van der Waals surface area contributed by atoms with Crippen molar-refractivity contribution < 1.29 is 42.9 Å². The maximum Gasteiger partial charge on any atom is 0.268 e. The first-order chi connectivity index (χ1) is 44.5. The molecule has 5 heterocycles. The quantitative estimate of drug-likeness (QED) is 0.0237. The Morgan fingerprint density at radius 2 is 1.54 bits per heavy atom. The Balaban J connectivity index is 0.847. The molecule has 17 rings (SSSR count). The van der Waals surface area contributed by atoms with Gasteiger partial charge in [0.1, 0.15) is 17.6 Å². The smallest absolute Gasteiger partial charge is 0.268 e. The van der Waals surface area contributed by atoms with Gasteiger partial charge in [0.2, 0.25) is 5.72 Å². The number of phenols is 1. The van der Waals surface area contributed by atoms with Crippen molar-refractivity contribution in [1.29, 1.82) is 0 Å². The van der Waals surface area contributed by atoms with Gasteiger partial charge < -0.3 is 41.4 Å². The normalized spacial score (nSPS) is 32.5. The average Bonchev–Trinajstić information content (AvgIpc) is 0.755. The van der Waals surface area contributed by atoms with E-state index < -0.39 is 62.6 Å². The van der Waals surface area contributed by atoms with E-state index in [-0.39, 0.29) is 72.3 Å². The molecule has 92 heavy (non-hydrogen) atoms. The van der Waals surface area contributed by atoms with Gasteiger partial charge in [-0.25, -0.2) is 4.99 Å². The second-order valence-electron chi connectivity index (χ2n) is 28.7. The number of fused-ring (bicyclic) bond motifs is 10. The largest absolute Gasteiger partial charge is 0.508 e. The summed E-state index contributed by atoms with van der Waals surface area (Å²) in [6.45, 7) is 2.11. The number of phenolic OH excluding ortho intramolecular Hbond substituents is 1. The maximum atomic E-state index is 14.6. The van der Waals surface area contributed by atoms with Crippen LogP contribution in [0.4, 0.5) is 0 Å². The third kappa shape index (κ3) is 11.0. The lowest BCUT2D eigenvalue weighted by Crippen LogP contribution is -2.60. The van der Waals surface area contributed by atoms with Gasteiger partial charge in [0.25, 0.3) is 10.1 Å². The molecule has 0 aromatic heterocycles. The topological polar surface area (TPSA) is 218 Å². The monoisotopic (exact) mass is 1250 g/mol. The number of aliphatic hydroxyl groups excluding tert-OH is 2. The zero-order valence-electron chi connectivity index (χ0n) is 52.4. The SMILES string of the molecule is CC1CCc2cc3ccc2C1CC(S(=O)(=O)O)C1C=C2CC(CC4CC(CO)CC#Cc5cc(O)ccc5C2O4)C1c1ccc(cc1)C(N=C(N)N)(C1CCC2CCC(c4ccc(C(O)C5CCc6cccc7cccc5c67)cc4)CC2(O)C1Cc1ccccc1)O3. The van der Waals surface area contributed by atoms with Crippen LogP contribution in [0, 0.1) is 53.3 Å². The van der Waals surface area contributed by atoms with Crippen molar-refractivity contribution in [3.63, 3.8) is 0 Å². The van der Waals surface area contributed by atoms with E-state index in [4.69, 9.17) is 25.9 Å². The Kier molecular flexibility index (Phi) is 16.1. The molecule has 17 unspecified atom stereocenters. The summed E-state index contributed by atoms with van der Waals surface area (Å²) in [6.07, 6.45) is 10.2. The van der Waals surface area contributed by atoms with Crippen LogP contribution in [0.2, 0.25) is 0 Å². The van der Waals surface area contributed by atoms with Crippen molar-refractivity contribution >= 4 is 26.9 Å². The molecule has 12 nitrogen and oxygen atoms in total. The molecule has 1 saturated heterocycles. The first kappa shape index (κ1) is 60.9. The van der Waals surface area contributed by atoms with Gasteiger partial charge in [0, 0.05) is 53.4 Å². The second-order valence-corrected chi connectivity index (χ2v) is 30.4. The molecule has 7 aromatic carbocycles. The molecule has 476 valence electrons. The van der Waals surface area contributed by atoms with E-state index in [0.29, 0.717) is 68.2 Å². The molecule has 5 aliphatic carbocycles. The number of aliphatic hydroxyl groups is 3. The molecular formula is C79H85N3O9S. The molecule has 0 spiro atoms. The summed E-state index contributed by atoms with van der Waals surface area (Å²) in [5, 5.41) is 49.3. The molecular weight excluding hydrogens is 1170 g/mol. The third-order valence-corrected chi connectivity index (χ3v) is 24.9. The molecule has 9 N–H and O–H groups in total. The van der Waals surface area contributed by atoms with E-state index >= 15 is 0 Å². The van der Waals surface area contributed by atoms with Crippen LogP contribution in [0.15, 0.2) is 168 Å². The Morgan fingerprint density at radius 1 is 0.783 bits per heavy atom. The highest BCUT2D eigenvalue weighted by Gasteiger charge is 2.60. The van der Waals surface area contributed by atoms with Gasteiger partial charge in [-0.1, -0.05) is 152 Å². The number of aliphatic imine (C=N–C) groups is 1. The number of ether oxygens (including phenoxy) is 2. The minimum absolute atomic E-state index is 0.0185. The fraction of sp³-hybridized carbons (Fsp3) is 0.430. The van der Waals surface area contributed by atoms with Crippen LogP contribution >= 0.6 is 0 Å². The number of aryl methyl sites for hydroxylation is 2. The van der Waals surface area contributed by atoms with Crippen molar-refractivity contribution in [3.05, 3.63) is 225 Å². The molecule has 7 aromatic rings. The number of hydrogen-bond donors (Lipinski definition) is 7. The number of hydrogen-bond acceptors (Lipinski definition) is 9. The van der Waals surface area contributed by atoms with E-state index in [0.717, 1.165) is 83.0 Å². The lowest BCUT2D eigenvalue weighted by molar-refractivity contribution is -0.177. The minimum atomic E-state index is -4.72. The van der Waals surface area contributed by atoms with E-state index in [1.165, 1.54) is 21.9 Å². The zero-order chi connectivity index (χ0) is 63.2. The number of aromatic hydroxyl groups is 1. The van der Waals surface area contributed by atoms with Gasteiger partial charge in [-0.05, 0) is 216 Å². The predicted octanol–water partition coefficient (Wildman–Crippen LogP) is 13.7. The van der Waals surface area contributed by atoms with Crippen LogP contribution < -0.4 is 16.2 Å². The minimum Gasteiger partial charge on any atom is -0.508 e. The van der Waals surface area contributed by atoms with Crippen LogP contribution in [0.25, 0.3) is 10.8 Å². The van der Waals surface area contributed by atoms with Gasteiger partial charge in [-0.3, -0.25) is 4.55 Å². The average molecular weight is 1250 g/mol. The van der Waals surface area contributed by atoms with Crippen LogP contribution in [0.5, 0.6) is 11.5 Å². The first-order valence-electron chi connectivity index (χ1n) is 33.8. The van der Waals surface area contributed by atoms with Crippen molar-refractivity contribution in [3.8, 4) is 23.3 Å². The fourth-order valence-corrected chi connectivity index (χ4v) is 20.4. The summed E-state index contributed by atoms with van der Waals surface area (Å²) in [5.74, 6) is 4.51. The van der Waals surface area contributed by atoms with Gasteiger partial charge in [-0.2, -0.15) is 8.42 Å². The summed E-state index contributed by atoms with van der Waals surface area (Å²) in [4.78, 5) is 5.38. The summed E-state index contributed by atoms with van der Waals surface area (Å²) >= 11 is 0. The van der Waals surface area contributed by atoms with Crippen LogP contribution in [0.3, 0.4) is 0 Å². The molecule has 5 aliphatic heterocycles. The second kappa shape index (κ2) is 24.2. The van der Waals surface area contributed by atoms with E-state index in [1.54, 1.807) is 12.1 Å². The Labute approximate surface area is 541 Å². The van der Waals surface area contributed by atoms with Crippen LogP contribution in [-0.2, 0) is 39.8 Å². The summed E-state index contributed by atoms with van der Waals surface area (Å²) in [7, 11) is -4.72. The van der Waals surface area contributed by atoms with Crippen molar-refractivity contribution in [2.75, 3.05) is 6.61 Å². The van der Waals surface area contributed by atoms with Crippen LogP contribution in [-0.4, -0.2) is 62.9 Å². The number of nitrogens with zero attached hydrogens (tertiary/aromatic N) is 1. The molecule has 10 aliphatic rings. The van der Waals surface area contributed by atoms with Crippen molar-refractivity contribution in [2.24, 2.45) is 57.9 Å². The standard InChI is InChI=1S/C79H85N3O9S/c1-46-16-17-55-40-62-31-34-64(55)68(46)43-72(92(87,88)89)69-42-58-38-57(41-63-36-48(45-83)10-5-14-54-39-61(84)30-33-65(54)76(58)90-63)74(69)52-22-27-60(28-23-52)79(91-62,82-77(80)81)70-35-29-59-26-24-56(44-78(59,86)71(70)37-47-8-3-2-4-9-47)49-18-20-53(21-19-49)75(85)67-32-25-51-12-6-11-50-13-7-15-66(67)73(50)51/h2-4,6-9,11-13,15,18-23,27-28,30-31,33-34,39-40,42,46,48,56-57,59,63,67-72,74-76,83-86H,10,16-17,24-26,29,32,35-38,41,43-45H2,1H3,(H4,80,81,82)(H,87,88,89). The van der Waals surface area contributed by atoms with Gasteiger partial charge in [0.05, 0.1) is 23.1 Å². The lowest BCUT2D eigenvalue weighted by Gasteiger charge is -2.57. The van der Waals surface area contributed by atoms with Gasteiger partial charge in [-0.15, -0.1) is 0 Å². The van der Waals surface area contributed by atoms with Gasteiger partial charge >= 0.3 is 0 Å². The molecule has 2 saturated carbocycles. The highest BCUT2D eigenvalue weighted by molar-refractivity contribution is 7.86. The summed E-state index contributed by atoms with van der Waals surface area (Å²) < 4.78 is 56.1. The fourth-order valence-electron chi connectivity index (χ4n) is 19.3. The predicted molar refractivity (Wildman–Crippen MR) is 358 cm³/mol. The molecule has 10 bridgehead atoms. The third-order valence-electron chi connectivity index (χ3n) is 23.7. The molecule has 17 atom stereocenters. The number of rotatable bonds is 9. The number of benzene rings is 7. The molecule has 3 fully saturated rings. The Morgan fingerprint density at radius 3 is 2.33 bits per heavy atom. The molecule has 13 heteroatoms. The van der Waals surface area contributed by atoms with Crippen LogP contribution in [0.1, 0.15) is 181 Å². The Hall–Kier alpha value is -7.28. The number of allylic oxidation sites excluding steroid dienone is 1. The number of nitrogens with two attached hydrogens (primary N) is 2. The molecule has 0 amide bonds. The summed E-state index contributed by atoms with van der Waals surface area (Å²) in [6, 6.07) is 51.5. The van der Waals surface area contributed by atoms with E-state index in [1.807, 2.05) is 18.2 Å². The molecule has 0 radical (unpaired) electrons. The lowest BCUT2D eigenvalue weighted by atomic mass is 9.53. The summed E-state index contributed by atoms with van der Waals surface area (Å²) in [5.41, 5.74) is 22.4. The van der Waals surface area contributed by atoms with Crippen molar-refractivity contribution in [1.82, 2.24) is 0 Å². The highest BCUT2D eigenvalue weighted by atomic mass is 32.2. The highest BCUT2D eigenvalue weighted by Crippen LogP contribution is 2.61. The Bertz CT molecular complexity index is 4170. The first-order valence-corrected chi connectivity index (χ1v) is 35.3. The van der Waals surface area contributed by atoms with Crippen molar-refractivity contribution in [2.45, 2.75) is 162 Å². The number of guanidine groups is 1. The maximum absolute atomic E-state index is 14.6. The van der Waals surface area contributed by atoms with E-state index in [9.17, 15) is 33.4 Å². The van der Waals surface area contributed by atoms with E-state index in [2.05, 4.69) is 146 Å². The zero-order valence-corrected chi connectivity index (χ0v) is 53.2. The van der Waals surface area contributed by atoms with Gasteiger partial charge in [0.15, 0.2) is 5.96 Å².